The number of rotatable bonds is 4. The van der Waals surface area contributed by atoms with Gasteiger partial charge in [0.05, 0.1) is 6.42 Å². The summed E-state index contributed by atoms with van der Waals surface area (Å²) < 4.78 is 0. The van der Waals surface area contributed by atoms with Crippen LogP contribution in [0.2, 0.25) is 0 Å². The van der Waals surface area contributed by atoms with Crippen LogP contribution in [0.1, 0.15) is 44.1 Å². The van der Waals surface area contributed by atoms with E-state index in [4.69, 9.17) is 5.84 Å². The van der Waals surface area contributed by atoms with Gasteiger partial charge in [-0.3, -0.25) is 10.2 Å². The van der Waals surface area contributed by atoms with Crippen LogP contribution >= 0.6 is 0 Å². The maximum Gasteiger partial charge on any atom is 0.237 e. The fourth-order valence-electron chi connectivity index (χ4n) is 3.08. The Morgan fingerprint density at radius 2 is 1.89 bits per heavy atom. The molecule has 4 nitrogen and oxygen atoms in total. The van der Waals surface area contributed by atoms with Crippen molar-refractivity contribution in [3.63, 3.8) is 0 Å². The monoisotopic (exact) mass is 262 g/mol. The zero-order valence-electron chi connectivity index (χ0n) is 11.1. The summed E-state index contributed by atoms with van der Waals surface area (Å²) in [7, 11) is 0. The average molecular weight is 262 g/mol. The SMILES string of the molecule is NNC(=O)C[C@](O)(c1ccccc1)C1CCCCC1. The fourth-order valence-corrected chi connectivity index (χ4v) is 3.08. The molecular weight excluding hydrogens is 240 g/mol. The van der Waals surface area contributed by atoms with Crippen LogP contribution < -0.4 is 11.3 Å². The molecule has 1 amide bonds. The third-order valence-electron chi connectivity index (χ3n) is 4.15. The molecule has 0 aliphatic heterocycles. The van der Waals surface area contributed by atoms with Crippen molar-refractivity contribution in [2.45, 2.75) is 44.1 Å². The highest BCUT2D eigenvalue weighted by atomic mass is 16.3. The van der Waals surface area contributed by atoms with Crippen LogP contribution in [0.4, 0.5) is 0 Å². The zero-order valence-corrected chi connectivity index (χ0v) is 11.1. The summed E-state index contributed by atoms with van der Waals surface area (Å²) in [5.74, 6) is 4.98. The highest BCUT2D eigenvalue weighted by molar-refractivity contribution is 5.76. The van der Waals surface area contributed by atoms with E-state index in [9.17, 15) is 9.90 Å². The molecule has 0 heterocycles. The van der Waals surface area contributed by atoms with Gasteiger partial charge in [0.25, 0.3) is 0 Å². The third kappa shape index (κ3) is 3.14. The molecular formula is C15H22N2O2. The predicted octanol–water partition coefficient (Wildman–Crippen LogP) is 1.83. The van der Waals surface area contributed by atoms with E-state index in [1.54, 1.807) is 0 Å². The lowest BCUT2D eigenvalue weighted by atomic mass is 9.71. The van der Waals surface area contributed by atoms with Gasteiger partial charge >= 0.3 is 0 Å². The largest absolute Gasteiger partial charge is 0.384 e. The Bertz CT molecular complexity index is 415. The number of carbonyl (C=O) groups excluding carboxylic acids is 1. The first kappa shape index (κ1) is 14.0. The summed E-state index contributed by atoms with van der Waals surface area (Å²) in [6.45, 7) is 0. The summed E-state index contributed by atoms with van der Waals surface area (Å²) in [5.41, 5.74) is 1.84. The molecule has 1 fully saturated rings. The van der Waals surface area contributed by atoms with Gasteiger partial charge in [0.1, 0.15) is 5.60 Å². The van der Waals surface area contributed by atoms with Gasteiger partial charge in [0.15, 0.2) is 0 Å². The second-order valence-corrected chi connectivity index (χ2v) is 5.37. The molecule has 1 aliphatic carbocycles. The first-order valence-electron chi connectivity index (χ1n) is 6.94. The normalized spacial score (nSPS) is 19.7. The lowest BCUT2D eigenvalue weighted by molar-refractivity contribution is -0.130. The van der Waals surface area contributed by atoms with Crippen molar-refractivity contribution in [2.75, 3.05) is 0 Å². The van der Waals surface area contributed by atoms with Crippen LogP contribution in [0.3, 0.4) is 0 Å². The molecule has 4 N–H and O–H groups in total. The molecule has 4 heteroatoms. The lowest BCUT2D eigenvalue weighted by Crippen LogP contribution is -2.43. The Labute approximate surface area is 114 Å². The Morgan fingerprint density at radius 1 is 1.26 bits per heavy atom. The molecule has 1 atom stereocenters. The molecule has 1 aromatic carbocycles. The van der Waals surface area contributed by atoms with Gasteiger partial charge in [-0.05, 0) is 24.3 Å². The number of benzene rings is 1. The Morgan fingerprint density at radius 3 is 2.47 bits per heavy atom. The Balaban J connectivity index is 2.28. The van der Waals surface area contributed by atoms with Gasteiger partial charge < -0.3 is 5.11 Å². The van der Waals surface area contributed by atoms with Crippen LogP contribution in [-0.4, -0.2) is 11.0 Å². The Kier molecular flexibility index (Phi) is 4.56. The number of hydrogen-bond acceptors (Lipinski definition) is 3. The van der Waals surface area contributed by atoms with Gasteiger partial charge in [-0.2, -0.15) is 0 Å². The van der Waals surface area contributed by atoms with Crippen molar-refractivity contribution < 1.29 is 9.90 Å². The van der Waals surface area contributed by atoms with Crippen molar-refractivity contribution in [2.24, 2.45) is 11.8 Å². The standard InChI is InChI=1S/C15H22N2O2/c16-17-14(18)11-15(19,12-7-3-1-4-8-12)13-9-5-2-6-10-13/h1,3-4,7-8,13,19H,2,5-6,9-11,16H2,(H,17,18)/t15-/m0/s1. The van der Waals surface area contributed by atoms with Gasteiger partial charge in [0, 0.05) is 0 Å². The van der Waals surface area contributed by atoms with Crippen molar-refractivity contribution in [1.29, 1.82) is 0 Å². The summed E-state index contributed by atoms with van der Waals surface area (Å²) in [5, 5.41) is 11.1. The van der Waals surface area contributed by atoms with Gasteiger partial charge in [-0.1, -0.05) is 49.6 Å². The molecule has 0 bridgehead atoms. The van der Waals surface area contributed by atoms with E-state index in [0.717, 1.165) is 31.2 Å². The number of hydrogen-bond donors (Lipinski definition) is 3. The zero-order chi connectivity index (χ0) is 13.7. The maximum absolute atomic E-state index is 11.6. The first-order valence-corrected chi connectivity index (χ1v) is 6.94. The molecule has 104 valence electrons. The fraction of sp³-hybridized carbons (Fsp3) is 0.533. The van der Waals surface area contributed by atoms with E-state index in [1.165, 1.54) is 6.42 Å². The van der Waals surface area contributed by atoms with Crippen LogP contribution in [-0.2, 0) is 10.4 Å². The van der Waals surface area contributed by atoms with Gasteiger partial charge in [0.2, 0.25) is 5.91 Å². The third-order valence-corrected chi connectivity index (χ3v) is 4.15. The minimum atomic E-state index is -1.11. The minimum absolute atomic E-state index is 0.0260. The molecule has 0 saturated heterocycles. The molecule has 1 aromatic rings. The molecule has 0 spiro atoms. The number of nitrogens with two attached hydrogens (primary N) is 1. The van der Waals surface area contributed by atoms with Gasteiger partial charge in [-0.15, -0.1) is 0 Å². The van der Waals surface area contributed by atoms with E-state index in [2.05, 4.69) is 5.43 Å². The molecule has 2 rings (SSSR count). The highest BCUT2D eigenvalue weighted by Crippen LogP contribution is 2.41. The summed E-state index contributed by atoms with van der Waals surface area (Å²) in [6, 6.07) is 9.47. The second kappa shape index (κ2) is 6.17. The molecule has 0 aromatic heterocycles. The van der Waals surface area contributed by atoms with Crippen molar-refractivity contribution >= 4 is 5.91 Å². The molecule has 0 unspecified atom stereocenters. The van der Waals surface area contributed by atoms with E-state index in [1.807, 2.05) is 30.3 Å². The van der Waals surface area contributed by atoms with Crippen molar-refractivity contribution in [3.8, 4) is 0 Å². The van der Waals surface area contributed by atoms with Gasteiger partial charge in [-0.25, -0.2) is 5.84 Å². The average Bonchev–Trinajstić information content (AvgIpc) is 2.48. The lowest BCUT2D eigenvalue weighted by Gasteiger charge is -2.38. The van der Waals surface area contributed by atoms with Crippen LogP contribution in [0.5, 0.6) is 0 Å². The number of hydrazine groups is 1. The predicted molar refractivity (Wildman–Crippen MR) is 73.9 cm³/mol. The smallest absolute Gasteiger partial charge is 0.237 e. The summed E-state index contributed by atoms with van der Waals surface area (Å²) in [4.78, 5) is 11.6. The van der Waals surface area contributed by atoms with Crippen LogP contribution in [0.15, 0.2) is 30.3 Å². The van der Waals surface area contributed by atoms with Crippen molar-refractivity contribution in [1.82, 2.24) is 5.43 Å². The molecule has 1 saturated carbocycles. The molecule has 0 radical (unpaired) electrons. The topological polar surface area (TPSA) is 75.3 Å². The Hall–Kier alpha value is -1.39. The highest BCUT2D eigenvalue weighted by Gasteiger charge is 2.40. The van der Waals surface area contributed by atoms with E-state index in [-0.39, 0.29) is 18.2 Å². The number of aliphatic hydroxyl groups is 1. The molecule has 1 aliphatic rings. The molecule has 19 heavy (non-hydrogen) atoms. The van der Waals surface area contributed by atoms with E-state index < -0.39 is 5.60 Å². The number of amides is 1. The van der Waals surface area contributed by atoms with Crippen LogP contribution in [0.25, 0.3) is 0 Å². The first-order chi connectivity index (χ1) is 9.16. The van der Waals surface area contributed by atoms with Crippen LogP contribution in [0, 0.1) is 5.92 Å². The second-order valence-electron chi connectivity index (χ2n) is 5.37. The minimum Gasteiger partial charge on any atom is -0.384 e. The van der Waals surface area contributed by atoms with E-state index >= 15 is 0 Å². The maximum atomic E-state index is 11.6. The number of nitrogens with one attached hydrogen (secondary N) is 1. The number of carbonyl (C=O) groups is 1. The summed E-state index contributed by atoms with van der Waals surface area (Å²) >= 11 is 0. The summed E-state index contributed by atoms with van der Waals surface area (Å²) in [6.07, 6.45) is 5.39. The van der Waals surface area contributed by atoms with E-state index in [0.29, 0.717) is 0 Å². The van der Waals surface area contributed by atoms with Crippen molar-refractivity contribution in [3.05, 3.63) is 35.9 Å². The quantitative estimate of drug-likeness (QED) is 0.440.